The lowest BCUT2D eigenvalue weighted by atomic mass is 10.1. The zero-order chi connectivity index (χ0) is 11.7. The molecule has 0 spiro atoms. The fourth-order valence-electron chi connectivity index (χ4n) is 1.29. The van der Waals surface area contributed by atoms with Gasteiger partial charge in [-0.05, 0) is 6.07 Å². The maximum Gasteiger partial charge on any atom is 0.172 e. The van der Waals surface area contributed by atoms with Gasteiger partial charge in [-0.1, -0.05) is 5.16 Å². The highest BCUT2D eigenvalue weighted by molar-refractivity contribution is 5.62. The number of hydrogen-bond donors (Lipinski definition) is 1. The van der Waals surface area contributed by atoms with Crippen LogP contribution in [0.1, 0.15) is 0 Å². The molecule has 16 heavy (non-hydrogen) atoms. The second kappa shape index (κ2) is 3.80. The summed E-state index contributed by atoms with van der Waals surface area (Å²) in [5.41, 5.74) is 5.38. The van der Waals surface area contributed by atoms with E-state index in [9.17, 15) is 8.78 Å². The Labute approximate surface area is 89.6 Å². The molecule has 0 saturated heterocycles. The minimum absolute atomic E-state index is 0.0439. The fourth-order valence-corrected chi connectivity index (χ4v) is 1.29. The van der Waals surface area contributed by atoms with Crippen molar-refractivity contribution in [1.29, 1.82) is 0 Å². The Morgan fingerprint density at radius 1 is 1.25 bits per heavy atom. The van der Waals surface area contributed by atoms with E-state index in [0.717, 1.165) is 0 Å². The van der Waals surface area contributed by atoms with E-state index in [1.807, 2.05) is 0 Å². The van der Waals surface area contributed by atoms with Gasteiger partial charge in [0.25, 0.3) is 0 Å². The highest BCUT2D eigenvalue weighted by Crippen LogP contribution is 2.30. The molecule has 0 aliphatic carbocycles. The molecular formula is C10H8F2N2O2. The molecule has 0 atom stereocenters. The zero-order valence-corrected chi connectivity index (χ0v) is 8.33. The third kappa shape index (κ3) is 1.69. The number of anilines is 1. The molecule has 0 aliphatic heterocycles. The normalized spacial score (nSPS) is 10.4. The van der Waals surface area contributed by atoms with Crippen LogP contribution < -0.4 is 10.5 Å². The lowest BCUT2D eigenvalue weighted by Crippen LogP contribution is -1.92. The van der Waals surface area contributed by atoms with Crippen molar-refractivity contribution in [3.05, 3.63) is 29.8 Å². The molecular weight excluding hydrogens is 218 g/mol. The summed E-state index contributed by atoms with van der Waals surface area (Å²) in [7, 11) is 1.29. The SMILES string of the molecule is COc1cc(-c2cc(N)no2)c(F)cc1F. The Bertz CT molecular complexity index is 526. The number of rotatable bonds is 2. The van der Waals surface area contributed by atoms with Gasteiger partial charge in [0.15, 0.2) is 23.1 Å². The van der Waals surface area contributed by atoms with Crippen molar-refractivity contribution in [2.75, 3.05) is 12.8 Å². The third-order valence-corrected chi connectivity index (χ3v) is 2.04. The van der Waals surface area contributed by atoms with Crippen molar-refractivity contribution in [2.45, 2.75) is 0 Å². The second-order valence-electron chi connectivity index (χ2n) is 3.08. The topological polar surface area (TPSA) is 61.3 Å². The number of methoxy groups -OCH3 is 1. The monoisotopic (exact) mass is 226 g/mol. The van der Waals surface area contributed by atoms with E-state index >= 15 is 0 Å². The van der Waals surface area contributed by atoms with Crippen LogP contribution in [0.25, 0.3) is 11.3 Å². The quantitative estimate of drug-likeness (QED) is 0.852. The van der Waals surface area contributed by atoms with E-state index in [2.05, 4.69) is 5.16 Å². The summed E-state index contributed by atoms with van der Waals surface area (Å²) in [6.07, 6.45) is 0. The predicted molar refractivity (Wildman–Crippen MR) is 52.8 cm³/mol. The van der Waals surface area contributed by atoms with Crippen molar-refractivity contribution in [2.24, 2.45) is 0 Å². The molecule has 2 N–H and O–H groups in total. The number of halogens is 2. The average Bonchev–Trinajstić information content (AvgIpc) is 2.65. The molecule has 1 aromatic heterocycles. The summed E-state index contributed by atoms with van der Waals surface area (Å²) in [5.74, 6) is -1.39. The number of benzene rings is 1. The van der Waals surface area contributed by atoms with Crippen LogP contribution in [0.15, 0.2) is 22.7 Å². The molecule has 0 aliphatic rings. The molecule has 0 fully saturated rings. The van der Waals surface area contributed by atoms with Crippen LogP contribution in [0.2, 0.25) is 0 Å². The van der Waals surface area contributed by atoms with Crippen molar-refractivity contribution >= 4 is 5.82 Å². The van der Waals surface area contributed by atoms with Gasteiger partial charge >= 0.3 is 0 Å². The van der Waals surface area contributed by atoms with E-state index in [-0.39, 0.29) is 22.9 Å². The molecule has 0 saturated carbocycles. The molecule has 2 rings (SSSR count). The second-order valence-corrected chi connectivity index (χ2v) is 3.08. The van der Waals surface area contributed by atoms with Crippen LogP contribution >= 0.6 is 0 Å². The molecule has 1 aromatic carbocycles. The Morgan fingerprint density at radius 3 is 2.56 bits per heavy atom. The number of nitrogens with zero attached hydrogens (tertiary/aromatic N) is 1. The Kier molecular flexibility index (Phi) is 2.47. The van der Waals surface area contributed by atoms with Crippen molar-refractivity contribution in [3.63, 3.8) is 0 Å². The van der Waals surface area contributed by atoms with Gasteiger partial charge in [0.2, 0.25) is 0 Å². The highest BCUT2D eigenvalue weighted by atomic mass is 19.1. The van der Waals surface area contributed by atoms with Crippen molar-refractivity contribution in [3.8, 4) is 17.1 Å². The van der Waals surface area contributed by atoms with E-state index in [0.29, 0.717) is 6.07 Å². The molecule has 4 nitrogen and oxygen atoms in total. The van der Waals surface area contributed by atoms with E-state index < -0.39 is 11.6 Å². The largest absolute Gasteiger partial charge is 0.494 e. The summed E-state index contributed by atoms with van der Waals surface area (Å²) in [5, 5.41) is 3.41. The molecule has 1 heterocycles. The summed E-state index contributed by atoms with van der Waals surface area (Å²) in [6.45, 7) is 0. The Balaban J connectivity index is 2.56. The number of aromatic nitrogens is 1. The van der Waals surface area contributed by atoms with Gasteiger partial charge in [-0.3, -0.25) is 0 Å². The standard InChI is InChI=1S/C10H8F2N2O2/c1-15-9-2-5(6(11)3-7(9)12)8-4-10(13)14-16-8/h2-4H,1H3,(H2,13,14). The first-order chi connectivity index (χ1) is 7.61. The van der Waals surface area contributed by atoms with Crippen LogP contribution in [0, 0.1) is 11.6 Å². The minimum atomic E-state index is -0.781. The van der Waals surface area contributed by atoms with Crippen molar-refractivity contribution < 1.29 is 18.0 Å². The van der Waals surface area contributed by atoms with E-state index in [1.165, 1.54) is 19.2 Å². The third-order valence-electron chi connectivity index (χ3n) is 2.04. The smallest absolute Gasteiger partial charge is 0.172 e. The molecule has 6 heteroatoms. The van der Waals surface area contributed by atoms with Gasteiger partial charge in [0, 0.05) is 12.1 Å². The van der Waals surface area contributed by atoms with E-state index in [4.69, 9.17) is 15.0 Å². The highest BCUT2D eigenvalue weighted by Gasteiger charge is 2.15. The minimum Gasteiger partial charge on any atom is -0.494 e. The van der Waals surface area contributed by atoms with Crippen LogP contribution in [-0.4, -0.2) is 12.3 Å². The van der Waals surface area contributed by atoms with Gasteiger partial charge in [-0.15, -0.1) is 0 Å². The van der Waals surface area contributed by atoms with Gasteiger partial charge in [-0.2, -0.15) is 0 Å². The number of hydrogen-bond acceptors (Lipinski definition) is 4. The van der Waals surface area contributed by atoms with Gasteiger partial charge in [-0.25, -0.2) is 8.78 Å². The number of nitrogens with two attached hydrogens (primary N) is 1. The van der Waals surface area contributed by atoms with Crippen LogP contribution in [0.4, 0.5) is 14.6 Å². The molecule has 2 aromatic rings. The number of nitrogen functional groups attached to an aromatic ring is 1. The summed E-state index contributed by atoms with van der Waals surface area (Å²) in [4.78, 5) is 0. The Morgan fingerprint density at radius 2 is 2.00 bits per heavy atom. The first kappa shape index (κ1) is 10.4. The molecule has 84 valence electrons. The fraction of sp³-hybridized carbons (Fsp3) is 0.100. The lowest BCUT2D eigenvalue weighted by molar-refractivity contribution is 0.383. The summed E-state index contributed by atoms with van der Waals surface area (Å²) in [6, 6.07) is 3.24. The average molecular weight is 226 g/mol. The van der Waals surface area contributed by atoms with Crippen LogP contribution in [0.3, 0.4) is 0 Å². The maximum atomic E-state index is 13.4. The van der Waals surface area contributed by atoms with Gasteiger partial charge in [0.05, 0.1) is 12.7 Å². The molecule has 0 unspecified atom stereocenters. The first-order valence-corrected chi connectivity index (χ1v) is 4.37. The maximum absolute atomic E-state index is 13.4. The van der Waals surface area contributed by atoms with Crippen LogP contribution in [0.5, 0.6) is 5.75 Å². The van der Waals surface area contributed by atoms with Gasteiger partial charge < -0.3 is 15.0 Å². The molecule has 0 bridgehead atoms. The number of ether oxygens (including phenoxy) is 1. The molecule has 0 radical (unpaired) electrons. The van der Waals surface area contributed by atoms with Crippen LogP contribution in [-0.2, 0) is 0 Å². The van der Waals surface area contributed by atoms with Crippen molar-refractivity contribution in [1.82, 2.24) is 5.16 Å². The lowest BCUT2D eigenvalue weighted by Gasteiger charge is -2.04. The Hall–Kier alpha value is -2.11. The van der Waals surface area contributed by atoms with E-state index in [1.54, 1.807) is 0 Å². The molecule has 0 amide bonds. The van der Waals surface area contributed by atoms with Gasteiger partial charge in [0.1, 0.15) is 5.82 Å². The first-order valence-electron chi connectivity index (χ1n) is 4.37. The zero-order valence-electron chi connectivity index (χ0n) is 8.33. The predicted octanol–water partition coefficient (Wildman–Crippen LogP) is 2.21. The summed E-state index contributed by atoms with van der Waals surface area (Å²) >= 11 is 0. The summed E-state index contributed by atoms with van der Waals surface area (Å²) < 4.78 is 36.1.